The minimum absolute atomic E-state index is 0.236. The van der Waals surface area contributed by atoms with E-state index in [1.807, 2.05) is 18.2 Å². The number of fused-ring (bicyclic) bond motifs is 2. The number of nitrogens with zero attached hydrogens (tertiary/aromatic N) is 3. The lowest BCUT2D eigenvalue weighted by atomic mass is 9.92. The lowest BCUT2D eigenvalue weighted by Crippen LogP contribution is -2.51. The summed E-state index contributed by atoms with van der Waals surface area (Å²) >= 11 is 0. The predicted octanol–water partition coefficient (Wildman–Crippen LogP) is 4.24. The molecule has 0 radical (unpaired) electrons. The average molecular weight is 529 g/mol. The third-order valence-corrected chi connectivity index (χ3v) is 7.15. The zero-order valence-corrected chi connectivity index (χ0v) is 21.0. The first kappa shape index (κ1) is 26.2. The van der Waals surface area contributed by atoms with Crippen molar-refractivity contribution < 1.29 is 27.8 Å². The minimum Gasteiger partial charge on any atom is -0.406 e. The summed E-state index contributed by atoms with van der Waals surface area (Å²) in [6.45, 7) is 3.04. The van der Waals surface area contributed by atoms with Crippen molar-refractivity contribution in [2.45, 2.75) is 38.1 Å². The highest BCUT2D eigenvalue weighted by atomic mass is 19.4. The zero-order chi connectivity index (χ0) is 26.7. The molecule has 0 bridgehead atoms. The molecule has 1 atom stereocenters. The first-order chi connectivity index (χ1) is 18.3. The van der Waals surface area contributed by atoms with Gasteiger partial charge in [0.1, 0.15) is 5.75 Å². The van der Waals surface area contributed by atoms with Crippen molar-refractivity contribution in [1.82, 2.24) is 14.8 Å². The third-order valence-electron chi connectivity index (χ3n) is 7.15. The molecule has 2 aromatic carbocycles. The molecule has 2 aliphatic rings. The van der Waals surface area contributed by atoms with Crippen molar-refractivity contribution in [3.8, 4) is 5.75 Å². The Labute approximate surface area is 219 Å². The van der Waals surface area contributed by atoms with Gasteiger partial charge in [-0.15, -0.1) is 13.2 Å². The number of aliphatic hydroxyl groups excluding tert-OH is 1. The number of ether oxygens (including phenoxy) is 1. The summed E-state index contributed by atoms with van der Waals surface area (Å²) in [5, 5.41) is 15.4. The Morgan fingerprint density at radius 2 is 1.74 bits per heavy atom. The molecule has 202 valence electrons. The van der Waals surface area contributed by atoms with E-state index in [0.717, 1.165) is 60.1 Å². The van der Waals surface area contributed by atoms with E-state index in [4.69, 9.17) is 4.98 Å². The molecule has 1 fully saturated rings. The number of alkyl halides is 3. The van der Waals surface area contributed by atoms with Crippen LogP contribution in [0.3, 0.4) is 0 Å². The number of aromatic nitrogens is 1. The lowest BCUT2D eigenvalue weighted by molar-refractivity contribution is -0.274. The first-order valence-corrected chi connectivity index (χ1v) is 13.0. The van der Waals surface area contributed by atoms with E-state index < -0.39 is 12.5 Å². The summed E-state index contributed by atoms with van der Waals surface area (Å²) in [4.78, 5) is 21.5. The molecule has 2 heterocycles. The highest BCUT2D eigenvalue weighted by Gasteiger charge is 2.31. The maximum Gasteiger partial charge on any atom is 0.573 e. The van der Waals surface area contributed by atoms with Gasteiger partial charge in [-0.3, -0.25) is 14.7 Å². The fourth-order valence-corrected chi connectivity index (χ4v) is 5.27. The molecule has 2 N–H and O–H groups in total. The van der Waals surface area contributed by atoms with Crippen LogP contribution in [0.25, 0.3) is 10.9 Å². The van der Waals surface area contributed by atoms with E-state index in [1.54, 1.807) is 4.90 Å². The van der Waals surface area contributed by atoms with Gasteiger partial charge in [0, 0.05) is 61.6 Å². The van der Waals surface area contributed by atoms with Crippen LogP contribution < -0.4 is 10.1 Å². The minimum atomic E-state index is -4.77. The van der Waals surface area contributed by atoms with Crippen molar-refractivity contribution in [3.05, 3.63) is 65.4 Å². The van der Waals surface area contributed by atoms with Crippen LogP contribution in [0.5, 0.6) is 5.75 Å². The zero-order valence-electron chi connectivity index (χ0n) is 21.0. The number of aryl methyl sites for hydroxylation is 1. The number of hydrogen-bond acceptors (Lipinski definition) is 6. The smallest absolute Gasteiger partial charge is 0.406 e. The molecule has 0 saturated carbocycles. The van der Waals surface area contributed by atoms with Gasteiger partial charge in [0.15, 0.2) is 0 Å². The predicted molar refractivity (Wildman–Crippen MR) is 138 cm³/mol. The molecule has 5 rings (SSSR count). The molecule has 10 heteroatoms. The summed E-state index contributed by atoms with van der Waals surface area (Å²) in [5.74, 6) is -0.596. The maximum atomic E-state index is 12.8. The van der Waals surface area contributed by atoms with Gasteiger partial charge in [-0.2, -0.15) is 0 Å². The second-order valence-corrected chi connectivity index (χ2v) is 9.84. The van der Waals surface area contributed by atoms with Crippen LogP contribution >= 0.6 is 0 Å². The van der Waals surface area contributed by atoms with Crippen molar-refractivity contribution in [1.29, 1.82) is 0 Å². The molecule has 3 aromatic rings. The number of amides is 1. The highest BCUT2D eigenvalue weighted by Crippen LogP contribution is 2.33. The van der Waals surface area contributed by atoms with Gasteiger partial charge in [-0.1, -0.05) is 18.2 Å². The van der Waals surface area contributed by atoms with Gasteiger partial charge < -0.3 is 20.1 Å². The van der Waals surface area contributed by atoms with Crippen molar-refractivity contribution >= 4 is 22.5 Å². The van der Waals surface area contributed by atoms with Crippen LogP contribution in [-0.2, 0) is 12.8 Å². The second-order valence-electron chi connectivity index (χ2n) is 9.84. The van der Waals surface area contributed by atoms with Gasteiger partial charge in [0.25, 0.3) is 5.91 Å². The Bertz CT molecular complexity index is 1270. The normalized spacial score (nSPS) is 17.2. The topological polar surface area (TPSA) is 77.9 Å². The van der Waals surface area contributed by atoms with Crippen molar-refractivity contribution in [2.75, 3.05) is 44.6 Å². The van der Waals surface area contributed by atoms with E-state index in [1.165, 1.54) is 17.7 Å². The number of halogens is 3. The molecule has 1 aliphatic heterocycles. The standard InChI is InChI=1S/C28H31F3N4O3/c29-28(30,31)38-21-11-9-19(10-12-21)27(37)35-15-13-34(14-16-35)18-20(36)17-32-26-22-5-1-3-7-24(22)33-25-8-4-2-6-23(25)26/h1,3,5,7,9-12,20,36H,2,4,6,8,13-18H2,(H,32,33). The number of β-amino-alcohol motifs (C(OH)–C–C–N with tert-alkyl or cyclic N) is 1. The molecule has 38 heavy (non-hydrogen) atoms. The molecular formula is C28H31F3N4O3. The average Bonchev–Trinajstić information content (AvgIpc) is 2.90. The first-order valence-electron chi connectivity index (χ1n) is 13.0. The molecule has 1 saturated heterocycles. The van der Waals surface area contributed by atoms with Gasteiger partial charge >= 0.3 is 6.36 Å². The fraction of sp³-hybridized carbons (Fsp3) is 0.429. The summed E-state index contributed by atoms with van der Waals surface area (Å²) < 4.78 is 40.9. The molecule has 1 amide bonds. The Morgan fingerprint density at radius 1 is 1.03 bits per heavy atom. The summed E-state index contributed by atoms with van der Waals surface area (Å²) in [5.41, 5.74) is 4.76. The number of carbonyl (C=O) groups excluding carboxylic acids is 1. The summed E-state index contributed by atoms with van der Waals surface area (Å²) in [6, 6.07) is 13.1. The van der Waals surface area contributed by atoms with Crippen molar-refractivity contribution in [3.63, 3.8) is 0 Å². The van der Waals surface area contributed by atoms with Crippen LogP contribution in [0.2, 0.25) is 0 Å². The Hall–Kier alpha value is -3.37. The molecule has 1 unspecified atom stereocenters. The summed E-state index contributed by atoms with van der Waals surface area (Å²) in [7, 11) is 0. The van der Waals surface area contributed by atoms with Gasteiger partial charge in [-0.25, -0.2) is 0 Å². The number of rotatable bonds is 7. The molecule has 0 spiro atoms. The van der Waals surface area contributed by atoms with Crippen LogP contribution in [0.4, 0.5) is 18.9 Å². The van der Waals surface area contributed by atoms with Crippen LogP contribution in [-0.4, -0.2) is 77.5 Å². The molecule has 7 nitrogen and oxygen atoms in total. The monoisotopic (exact) mass is 528 g/mol. The van der Waals surface area contributed by atoms with Crippen LogP contribution in [0.1, 0.15) is 34.5 Å². The summed E-state index contributed by atoms with van der Waals surface area (Å²) in [6.07, 6.45) is -1.12. The number of pyridine rings is 1. The molecular weight excluding hydrogens is 497 g/mol. The Balaban J connectivity index is 1.13. The van der Waals surface area contributed by atoms with E-state index in [0.29, 0.717) is 44.8 Å². The number of piperazine rings is 1. The quantitative estimate of drug-likeness (QED) is 0.478. The lowest BCUT2D eigenvalue weighted by Gasteiger charge is -2.35. The fourth-order valence-electron chi connectivity index (χ4n) is 5.27. The third kappa shape index (κ3) is 6.19. The van der Waals surface area contributed by atoms with Gasteiger partial charge in [0.05, 0.1) is 11.6 Å². The van der Waals surface area contributed by atoms with Crippen LogP contribution in [0.15, 0.2) is 48.5 Å². The van der Waals surface area contributed by atoms with E-state index >= 15 is 0 Å². The Kier molecular flexibility index (Phi) is 7.71. The van der Waals surface area contributed by atoms with E-state index in [-0.39, 0.29) is 11.7 Å². The largest absolute Gasteiger partial charge is 0.573 e. The van der Waals surface area contributed by atoms with Gasteiger partial charge in [-0.05, 0) is 61.6 Å². The highest BCUT2D eigenvalue weighted by molar-refractivity contribution is 5.94. The van der Waals surface area contributed by atoms with Crippen molar-refractivity contribution in [2.24, 2.45) is 0 Å². The number of para-hydroxylation sites is 1. The number of carbonyl (C=O) groups is 1. The Morgan fingerprint density at radius 3 is 2.47 bits per heavy atom. The number of hydrogen-bond donors (Lipinski definition) is 2. The second kappa shape index (κ2) is 11.2. The van der Waals surface area contributed by atoms with Crippen LogP contribution in [0, 0.1) is 0 Å². The maximum absolute atomic E-state index is 12.8. The SMILES string of the molecule is O=C(c1ccc(OC(F)(F)F)cc1)N1CCN(CC(O)CNc2c3c(nc4ccccc24)CCCC3)CC1. The molecule has 1 aromatic heterocycles. The van der Waals surface area contributed by atoms with E-state index in [9.17, 15) is 23.1 Å². The number of anilines is 1. The number of nitrogens with one attached hydrogen (secondary N) is 1. The number of benzene rings is 2. The number of aliphatic hydroxyl groups is 1. The van der Waals surface area contributed by atoms with E-state index in [2.05, 4.69) is 21.0 Å². The molecule has 1 aliphatic carbocycles. The van der Waals surface area contributed by atoms with Gasteiger partial charge in [0.2, 0.25) is 0 Å².